The third-order valence-electron chi connectivity index (χ3n) is 11.8. The molecule has 6 saturated heterocycles. The Labute approximate surface area is 366 Å². The van der Waals surface area contributed by atoms with Gasteiger partial charge in [-0.25, -0.2) is 4.79 Å². The molecule has 0 radical (unpaired) electrons. The van der Waals surface area contributed by atoms with E-state index in [1.54, 1.807) is 0 Å². The van der Waals surface area contributed by atoms with Gasteiger partial charge in [-0.3, -0.25) is 0 Å². The Kier molecular flexibility index (Phi) is 18.2. The zero-order valence-electron chi connectivity index (χ0n) is 34.1. The van der Waals surface area contributed by atoms with Gasteiger partial charge in [-0.15, -0.1) is 0 Å². The molecule has 0 amide bonds. The van der Waals surface area contributed by atoms with Crippen molar-refractivity contribution in [3.63, 3.8) is 0 Å². The summed E-state index contributed by atoms with van der Waals surface area (Å²) in [7, 11) is 1.10. The third-order valence-corrected chi connectivity index (χ3v) is 11.8. The van der Waals surface area contributed by atoms with Crippen LogP contribution in [0, 0.1) is 0 Å². The van der Waals surface area contributed by atoms with Gasteiger partial charge >= 0.3 is 5.97 Å². The van der Waals surface area contributed by atoms with E-state index in [1.807, 2.05) is 0 Å². The lowest BCUT2D eigenvalue weighted by Gasteiger charge is -2.51. The van der Waals surface area contributed by atoms with E-state index < -0.39 is 211 Å². The Hall–Kier alpha value is -1.65. The summed E-state index contributed by atoms with van der Waals surface area (Å²) in [5, 5.41) is 180. The van der Waals surface area contributed by atoms with Gasteiger partial charge in [-0.05, 0) is 0 Å². The summed E-state index contributed by atoms with van der Waals surface area (Å²) in [6.45, 7) is -4.25. The fraction of sp³-hybridized carbons (Fsp3) is 0.971. The van der Waals surface area contributed by atoms with Gasteiger partial charge in [0.15, 0.2) is 43.8 Å². The maximum atomic E-state index is 11.8. The fourth-order valence-corrected chi connectivity index (χ4v) is 8.03. The number of hydrogen-bond donors (Lipinski definition) is 17. The first kappa shape index (κ1) is 52.7. The van der Waals surface area contributed by atoms with Crippen molar-refractivity contribution in [1.29, 1.82) is 0 Å². The Balaban J connectivity index is 1.38. The number of methoxy groups -OCH3 is 1. The average Bonchev–Trinajstić information content (AvgIpc) is 3.28. The minimum absolute atomic E-state index is 0.562. The molecule has 0 aromatic rings. The van der Waals surface area contributed by atoms with E-state index in [9.17, 15) is 91.6 Å². The second kappa shape index (κ2) is 22.4. The summed E-state index contributed by atoms with van der Waals surface area (Å²) in [5.41, 5.74) is 0. The van der Waals surface area contributed by atoms with Crippen LogP contribution >= 0.6 is 0 Å². The number of ether oxygens (including phenoxy) is 12. The van der Waals surface area contributed by atoms with Gasteiger partial charge in [0.05, 0.1) is 33.0 Å². The maximum Gasteiger partial charge on any atom is 0.335 e. The Bertz CT molecular complexity index is 1500. The quantitative estimate of drug-likeness (QED) is 0.0724. The molecule has 0 aliphatic carbocycles. The summed E-state index contributed by atoms with van der Waals surface area (Å²) in [6.07, 6.45) is -55.4. The number of hydrogen-bond acceptors (Lipinski definition) is 29. The van der Waals surface area contributed by atoms with E-state index in [4.69, 9.17) is 56.8 Å². The van der Waals surface area contributed by atoms with Crippen molar-refractivity contribution >= 4 is 5.97 Å². The van der Waals surface area contributed by atoms with Crippen LogP contribution in [0.1, 0.15) is 0 Å². The van der Waals surface area contributed by atoms with Crippen molar-refractivity contribution in [1.82, 2.24) is 0 Å². The molecule has 6 heterocycles. The maximum absolute atomic E-state index is 11.8. The molecule has 6 aliphatic heterocycles. The van der Waals surface area contributed by atoms with Gasteiger partial charge < -0.3 is 144 Å². The molecule has 6 rings (SSSR count). The van der Waals surface area contributed by atoms with E-state index in [2.05, 4.69) is 0 Å². The standard InChI is InChI=1S/C35H58O30/c1-54-33-27(64-30-20(49)12(41)7(39)5-55-30)23(15(44)10(3-37)57-33)61-35-28(65-31-21(50)13(42)8(40)6-56-31)24(16(45)11(4-38)59-35)60-34-26(18(47)14(43)9(2-36)58-34)63-32-22(51)17(46)19(48)25(62-32)29(52)53/h7-28,30-51H,2-6H2,1H3,(H,52,53)/t7-,8-,9-,10-,11-,12+,13+,14-,15-,16-,17+,18+,19+,20-,21-,22-,23+,24+,25+,26+,27+,28+,30+,31+,32+,33+,34-,35-/m1/s1. The summed E-state index contributed by atoms with van der Waals surface area (Å²) in [6, 6.07) is 0. The molecule has 17 N–H and O–H groups in total. The number of aliphatic hydroxyl groups is 16. The molecule has 30 nitrogen and oxygen atoms in total. The number of carbonyl (C=O) groups is 1. The zero-order valence-corrected chi connectivity index (χ0v) is 34.1. The summed E-state index contributed by atoms with van der Waals surface area (Å²) in [5.74, 6) is -1.83. The number of aliphatic hydroxyl groups excluding tert-OH is 16. The van der Waals surface area contributed by atoms with Gasteiger partial charge in [0.2, 0.25) is 0 Å². The first-order valence-electron chi connectivity index (χ1n) is 20.3. The van der Waals surface area contributed by atoms with Crippen LogP contribution in [0.4, 0.5) is 0 Å². The van der Waals surface area contributed by atoms with Gasteiger partial charge in [0, 0.05) is 7.11 Å². The Morgan fingerprint density at radius 3 is 1.25 bits per heavy atom. The highest BCUT2D eigenvalue weighted by atomic mass is 16.8. The highest BCUT2D eigenvalue weighted by Crippen LogP contribution is 2.38. The van der Waals surface area contributed by atoms with Crippen LogP contribution in [0.3, 0.4) is 0 Å². The molecule has 0 unspecified atom stereocenters. The number of aliphatic carboxylic acids is 1. The largest absolute Gasteiger partial charge is 0.479 e. The van der Waals surface area contributed by atoms with Crippen molar-refractivity contribution in [2.24, 2.45) is 0 Å². The van der Waals surface area contributed by atoms with Gasteiger partial charge in [0.25, 0.3) is 0 Å². The minimum atomic E-state index is -2.25. The molecule has 0 bridgehead atoms. The molecular formula is C35H58O30. The first-order valence-corrected chi connectivity index (χ1v) is 20.3. The summed E-state index contributed by atoms with van der Waals surface area (Å²) >= 11 is 0. The van der Waals surface area contributed by atoms with Gasteiger partial charge in [0.1, 0.15) is 128 Å². The van der Waals surface area contributed by atoms with Crippen molar-refractivity contribution in [3.05, 3.63) is 0 Å². The van der Waals surface area contributed by atoms with E-state index in [1.165, 1.54) is 0 Å². The summed E-state index contributed by atoms with van der Waals surface area (Å²) in [4.78, 5) is 11.8. The highest BCUT2D eigenvalue weighted by molar-refractivity contribution is 5.73. The van der Waals surface area contributed by atoms with Crippen LogP contribution in [-0.2, 0) is 61.6 Å². The van der Waals surface area contributed by atoms with Gasteiger partial charge in [-0.1, -0.05) is 0 Å². The highest BCUT2D eigenvalue weighted by Gasteiger charge is 2.59. The van der Waals surface area contributed by atoms with Crippen molar-refractivity contribution in [2.75, 3.05) is 40.1 Å². The topological polar surface area (TPSA) is 472 Å². The SMILES string of the molecule is CO[C@H]1O[C@H](CO)[C@@H](O)[C@H](O[C@H]2O[C@H](CO)[C@@H](O)[C@H](O[C@H]3O[C@H](CO)[C@@H](O)[C@H](O)[C@@H]3O[C@@H]3O[C@H](C(=O)O)[C@@H](O)[C@H](O)[C@H]3O)[C@@H]2O[C@@H]2OC[C@@H](O)[C@H](O)[C@H]2O)[C@@H]1O[C@@H]1OC[C@@H](O)[C@H](O)[C@H]1O. The van der Waals surface area contributed by atoms with Crippen molar-refractivity contribution in [3.8, 4) is 0 Å². The van der Waals surface area contributed by atoms with Crippen LogP contribution in [0.2, 0.25) is 0 Å². The lowest BCUT2D eigenvalue weighted by Crippen LogP contribution is -2.69. The second-order valence-electron chi connectivity index (χ2n) is 16.1. The molecule has 28 atom stereocenters. The fourth-order valence-electron chi connectivity index (χ4n) is 8.03. The molecular weight excluding hydrogens is 900 g/mol. The Morgan fingerprint density at radius 2 is 0.800 bits per heavy atom. The predicted octanol–water partition coefficient (Wildman–Crippen LogP) is -12.1. The normalized spacial score (nSPS) is 52.3. The van der Waals surface area contributed by atoms with Gasteiger partial charge in [-0.2, -0.15) is 0 Å². The van der Waals surface area contributed by atoms with Crippen molar-refractivity contribution < 1.29 is 148 Å². The monoisotopic (exact) mass is 958 g/mol. The molecule has 378 valence electrons. The molecule has 6 fully saturated rings. The molecule has 65 heavy (non-hydrogen) atoms. The molecule has 0 spiro atoms. The molecule has 0 saturated carbocycles. The molecule has 0 aromatic heterocycles. The van der Waals surface area contributed by atoms with Crippen molar-refractivity contribution in [2.45, 2.75) is 172 Å². The number of carboxylic acids is 1. The lowest BCUT2D eigenvalue weighted by molar-refractivity contribution is -0.415. The third kappa shape index (κ3) is 10.9. The lowest BCUT2D eigenvalue weighted by atomic mass is 9.95. The average molecular weight is 959 g/mol. The van der Waals surface area contributed by atoms with E-state index in [-0.39, 0.29) is 0 Å². The Morgan fingerprint density at radius 1 is 0.415 bits per heavy atom. The molecule has 30 heteroatoms. The molecule has 0 aromatic carbocycles. The zero-order chi connectivity index (χ0) is 47.8. The van der Waals surface area contributed by atoms with E-state index in [0.29, 0.717) is 0 Å². The first-order chi connectivity index (χ1) is 30.8. The van der Waals surface area contributed by atoms with Crippen LogP contribution in [0.25, 0.3) is 0 Å². The number of carboxylic acid groups (broad SMARTS) is 1. The van der Waals surface area contributed by atoms with Crippen LogP contribution in [-0.4, -0.2) is 305 Å². The minimum Gasteiger partial charge on any atom is -0.479 e. The number of rotatable bonds is 15. The predicted molar refractivity (Wildman–Crippen MR) is 192 cm³/mol. The van der Waals surface area contributed by atoms with E-state index in [0.717, 1.165) is 7.11 Å². The van der Waals surface area contributed by atoms with Crippen LogP contribution < -0.4 is 0 Å². The van der Waals surface area contributed by atoms with Crippen LogP contribution in [0.5, 0.6) is 0 Å². The molecule has 6 aliphatic rings. The smallest absolute Gasteiger partial charge is 0.335 e. The van der Waals surface area contributed by atoms with E-state index >= 15 is 0 Å². The van der Waals surface area contributed by atoms with Crippen LogP contribution in [0.15, 0.2) is 0 Å². The summed E-state index contributed by atoms with van der Waals surface area (Å²) < 4.78 is 68.4. The second-order valence-corrected chi connectivity index (χ2v) is 16.1.